The van der Waals surface area contributed by atoms with E-state index < -0.39 is 0 Å². The van der Waals surface area contributed by atoms with Crippen molar-refractivity contribution in [2.75, 3.05) is 39.3 Å². The Bertz CT molecular complexity index is 555. The van der Waals surface area contributed by atoms with E-state index in [-0.39, 0.29) is 11.8 Å². The Balaban J connectivity index is 1.70. The maximum atomic E-state index is 12.4. The standard InChI is InChI=1S/C18H29N5O2/c1-3-23(18(25)16-14-20-15(2)13-21-16)11-7-17(24)19-8-12-22-9-5-4-6-10-22/h13-14H,3-12H2,1-2H3,(H,19,24)/p+1. The number of nitrogens with one attached hydrogen (secondary N) is 2. The second kappa shape index (κ2) is 10.1. The van der Waals surface area contributed by atoms with E-state index in [9.17, 15) is 9.59 Å². The van der Waals surface area contributed by atoms with Gasteiger partial charge in [-0.3, -0.25) is 14.6 Å². The van der Waals surface area contributed by atoms with Crippen LogP contribution < -0.4 is 10.2 Å². The summed E-state index contributed by atoms with van der Waals surface area (Å²) in [5.41, 5.74) is 1.09. The highest BCUT2D eigenvalue weighted by molar-refractivity contribution is 5.92. The summed E-state index contributed by atoms with van der Waals surface area (Å²) < 4.78 is 0. The number of nitrogens with zero attached hydrogens (tertiary/aromatic N) is 3. The molecule has 2 amide bonds. The Hall–Kier alpha value is -2.02. The molecule has 1 aliphatic rings. The van der Waals surface area contributed by atoms with Crippen LogP contribution in [-0.4, -0.2) is 66.0 Å². The highest BCUT2D eigenvalue weighted by atomic mass is 16.2. The lowest BCUT2D eigenvalue weighted by atomic mass is 10.1. The van der Waals surface area contributed by atoms with Crippen molar-refractivity contribution in [2.24, 2.45) is 0 Å². The molecule has 25 heavy (non-hydrogen) atoms. The first kappa shape index (κ1) is 19.3. The van der Waals surface area contributed by atoms with Crippen LogP contribution in [0.4, 0.5) is 0 Å². The summed E-state index contributed by atoms with van der Waals surface area (Å²) in [5, 5.41) is 2.97. The van der Waals surface area contributed by atoms with Crippen molar-refractivity contribution < 1.29 is 14.5 Å². The normalized spacial score (nSPS) is 15.0. The molecule has 0 atom stereocenters. The Kier molecular flexibility index (Phi) is 7.78. The van der Waals surface area contributed by atoms with Crippen LogP contribution in [0.1, 0.15) is 48.8 Å². The SMILES string of the molecule is CCN(CCC(=O)NCC[NH+]1CCCCC1)C(=O)c1cnc(C)cn1. The van der Waals surface area contributed by atoms with Crippen molar-refractivity contribution in [3.8, 4) is 0 Å². The zero-order chi connectivity index (χ0) is 18.1. The maximum absolute atomic E-state index is 12.4. The van der Waals surface area contributed by atoms with Gasteiger partial charge in [0.2, 0.25) is 5.91 Å². The Morgan fingerprint density at radius 1 is 1.20 bits per heavy atom. The lowest BCUT2D eigenvalue weighted by Crippen LogP contribution is -3.13. The van der Waals surface area contributed by atoms with Crippen LogP contribution in [0.3, 0.4) is 0 Å². The zero-order valence-electron chi connectivity index (χ0n) is 15.4. The molecule has 1 aromatic heterocycles. The molecule has 2 N–H and O–H groups in total. The minimum absolute atomic E-state index is 0.00218. The number of quaternary nitrogens is 1. The number of likely N-dealkylation sites (tertiary alicyclic amines) is 1. The van der Waals surface area contributed by atoms with Gasteiger partial charge < -0.3 is 15.1 Å². The first-order chi connectivity index (χ1) is 12.1. The summed E-state index contributed by atoms with van der Waals surface area (Å²) in [7, 11) is 0. The molecule has 0 bridgehead atoms. The van der Waals surface area contributed by atoms with Gasteiger partial charge in [-0.1, -0.05) is 0 Å². The largest absolute Gasteiger partial charge is 0.350 e. The van der Waals surface area contributed by atoms with Gasteiger partial charge in [0.15, 0.2) is 0 Å². The van der Waals surface area contributed by atoms with Crippen LogP contribution in [-0.2, 0) is 4.79 Å². The van der Waals surface area contributed by atoms with Gasteiger partial charge in [0.1, 0.15) is 5.69 Å². The smallest absolute Gasteiger partial charge is 0.274 e. The van der Waals surface area contributed by atoms with E-state index >= 15 is 0 Å². The van der Waals surface area contributed by atoms with Gasteiger partial charge in [-0.25, -0.2) is 4.98 Å². The molecule has 1 saturated heterocycles. The second-order valence-electron chi connectivity index (χ2n) is 6.59. The van der Waals surface area contributed by atoms with Gasteiger partial charge in [0, 0.05) is 25.7 Å². The number of hydrogen-bond acceptors (Lipinski definition) is 4. The van der Waals surface area contributed by atoms with Crippen LogP contribution in [0.15, 0.2) is 12.4 Å². The topological polar surface area (TPSA) is 79.6 Å². The van der Waals surface area contributed by atoms with Gasteiger partial charge in [0.25, 0.3) is 5.91 Å². The molecule has 2 heterocycles. The molecule has 0 radical (unpaired) electrons. The average Bonchev–Trinajstić information content (AvgIpc) is 2.63. The fourth-order valence-corrected chi connectivity index (χ4v) is 3.07. The molecule has 138 valence electrons. The van der Waals surface area contributed by atoms with Crippen LogP contribution in [0.25, 0.3) is 0 Å². The molecule has 7 heteroatoms. The molecule has 1 aliphatic heterocycles. The van der Waals surface area contributed by atoms with Crippen molar-refractivity contribution in [3.05, 3.63) is 23.8 Å². The molecule has 2 rings (SSSR count). The van der Waals surface area contributed by atoms with E-state index in [1.807, 2.05) is 13.8 Å². The second-order valence-corrected chi connectivity index (χ2v) is 6.59. The van der Waals surface area contributed by atoms with E-state index in [4.69, 9.17) is 0 Å². The molecule has 0 saturated carbocycles. The molecule has 1 aromatic rings. The summed E-state index contributed by atoms with van der Waals surface area (Å²) in [5.74, 6) is -0.182. The Morgan fingerprint density at radius 3 is 2.60 bits per heavy atom. The summed E-state index contributed by atoms with van der Waals surface area (Å²) in [6.45, 7) is 8.79. The fourth-order valence-electron chi connectivity index (χ4n) is 3.07. The van der Waals surface area contributed by atoms with Crippen LogP contribution in [0.2, 0.25) is 0 Å². The Morgan fingerprint density at radius 2 is 1.96 bits per heavy atom. The van der Waals surface area contributed by atoms with Crippen LogP contribution in [0.5, 0.6) is 0 Å². The molecule has 0 aromatic carbocycles. The molecule has 1 fully saturated rings. The van der Waals surface area contributed by atoms with Gasteiger partial charge in [0.05, 0.1) is 38.1 Å². The van der Waals surface area contributed by atoms with Crippen molar-refractivity contribution in [2.45, 2.75) is 39.5 Å². The first-order valence-electron chi connectivity index (χ1n) is 9.28. The predicted molar refractivity (Wildman–Crippen MR) is 95.4 cm³/mol. The van der Waals surface area contributed by atoms with E-state index in [0.29, 0.717) is 31.7 Å². The third kappa shape index (κ3) is 6.42. The highest BCUT2D eigenvalue weighted by Gasteiger charge is 2.17. The van der Waals surface area contributed by atoms with E-state index in [1.165, 1.54) is 38.5 Å². The first-order valence-corrected chi connectivity index (χ1v) is 9.28. The van der Waals surface area contributed by atoms with Crippen molar-refractivity contribution >= 4 is 11.8 Å². The number of aryl methyl sites for hydroxylation is 1. The number of carbonyl (C=O) groups excluding carboxylic acids is 2. The number of aromatic nitrogens is 2. The number of piperidine rings is 1. The number of hydrogen-bond donors (Lipinski definition) is 2. The summed E-state index contributed by atoms with van der Waals surface area (Å²) in [6.07, 6.45) is 7.30. The molecule has 0 spiro atoms. The van der Waals surface area contributed by atoms with Gasteiger partial charge in [-0.15, -0.1) is 0 Å². The molecule has 0 aliphatic carbocycles. The van der Waals surface area contributed by atoms with Gasteiger partial charge in [-0.05, 0) is 33.1 Å². The molecular weight excluding hydrogens is 318 g/mol. The van der Waals surface area contributed by atoms with E-state index in [0.717, 1.165) is 12.2 Å². The van der Waals surface area contributed by atoms with Crippen molar-refractivity contribution in [1.82, 2.24) is 20.2 Å². The fraction of sp³-hybridized carbons (Fsp3) is 0.667. The van der Waals surface area contributed by atoms with Crippen molar-refractivity contribution in [3.63, 3.8) is 0 Å². The molecular formula is C18H30N5O2+. The van der Waals surface area contributed by atoms with E-state index in [2.05, 4.69) is 15.3 Å². The summed E-state index contributed by atoms with van der Waals surface area (Å²) in [6, 6.07) is 0. The number of carbonyl (C=O) groups is 2. The zero-order valence-corrected chi connectivity index (χ0v) is 15.4. The van der Waals surface area contributed by atoms with Crippen molar-refractivity contribution in [1.29, 1.82) is 0 Å². The highest BCUT2D eigenvalue weighted by Crippen LogP contribution is 2.02. The Labute approximate surface area is 149 Å². The third-order valence-corrected chi connectivity index (χ3v) is 4.64. The molecule has 0 unspecified atom stereocenters. The minimum Gasteiger partial charge on any atom is -0.350 e. The number of amides is 2. The third-order valence-electron chi connectivity index (χ3n) is 4.64. The number of rotatable bonds is 8. The average molecular weight is 348 g/mol. The lowest BCUT2D eigenvalue weighted by molar-refractivity contribution is -0.903. The minimum atomic E-state index is -0.180. The monoisotopic (exact) mass is 348 g/mol. The lowest BCUT2D eigenvalue weighted by Gasteiger charge is -2.23. The maximum Gasteiger partial charge on any atom is 0.274 e. The van der Waals surface area contributed by atoms with Crippen LogP contribution in [0, 0.1) is 6.92 Å². The van der Waals surface area contributed by atoms with Crippen LogP contribution >= 0.6 is 0 Å². The van der Waals surface area contributed by atoms with E-state index in [1.54, 1.807) is 16.0 Å². The quantitative estimate of drug-likeness (QED) is 0.683. The van der Waals surface area contributed by atoms with Gasteiger partial charge >= 0.3 is 0 Å². The molecule has 7 nitrogen and oxygen atoms in total. The summed E-state index contributed by atoms with van der Waals surface area (Å²) >= 11 is 0. The summed E-state index contributed by atoms with van der Waals surface area (Å²) in [4.78, 5) is 35.9. The predicted octanol–water partition coefficient (Wildman–Crippen LogP) is -0.178. The van der Waals surface area contributed by atoms with Gasteiger partial charge in [-0.2, -0.15) is 0 Å².